The zero-order valence-corrected chi connectivity index (χ0v) is 13.1. The van der Waals surface area contributed by atoms with Gasteiger partial charge in [0.25, 0.3) is 10.0 Å². The zero-order chi connectivity index (χ0) is 16.5. The lowest BCUT2D eigenvalue weighted by molar-refractivity contribution is 0.0698. The lowest BCUT2D eigenvalue weighted by Gasteiger charge is -2.14. The number of aromatic nitrogens is 2. The lowest BCUT2D eigenvalue weighted by Crippen LogP contribution is -2.16. The van der Waals surface area contributed by atoms with Crippen LogP contribution in [0.15, 0.2) is 29.4 Å². The van der Waals surface area contributed by atoms with Gasteiger partial charge in [-0.25, -0.2) is 13.2 Å². The van der Waals surface area contributed by atoms with Crippen molar-refractivity contribution in [2.24, 2.45) is 7.05 Å². The number of nitrogens with one attached hydrogen (secondary N) is 1. The maximum absolute atomic E-state index is 12.3. The molecular weight excluding hydrogens is 334 g/mol. The number of carboxylic acids is 1. The molecule has 2 aromatic rings. The van der Waals surface area contributed by atoms with Crippen LogP contribution in [0.1, 0.15) is 10.4 Å². The number of nitrogens with zero attached hydrogens (tertiary/aromatic N) is 2. The Labute approximate surface area is 131 Å². The normalized spacial score (nSPS) is 11.2. The Kier molecular flexibility index (Phi) is 4.29. The molecule has 22 heavy (non-hydrogen) atoms. The highest BCUT2D eigenvalue weighted by atomic mass is 35.5. The minimum Gasteiger partial charge on any atom is -0.495 e. The van der Waals surface area contributed by atoms with Gasteiger partial charge in [-0.15, -0.1) is 0 Å². The second-order valence-corrected chi connectivity index (χ2v) is 6.35. The number of methoxy groups -OCH3 is 1. The molecule has 10 heteroatoms. The van der Waals surface area contributed by atoms with Gasteiger partial charge in [0.05, 0.1) is 18.3 Å². The fourth-order valence-corrected chi connectivity index (χ4v) is 3.07. The van der Waals surface area contributed by atoms with Crippen molar-refractivity contribution in [3.8, 4) is 5.75 Å². The molecule has 0 aliphatic rings. The molecule has 0 radical (unpaired) electrons. The smallest absolute Gasteiger partial charge is 0.339 e. The monoisotopic (exact) mass is 345 g/mol. The first-order chi connectivity index (χ1) is 10.3. The molecule has 118 valence electrons. The number of halogens is 1. The summed E-state index contributed by atoms with van der Waals surface area (Å²) in [5, 5.41) is 12.9. The summed E-state index contributed by atoms with van der Waals surface area (Å²) in [5.41, 5.74) is -0.639. The van der Waals surface area contributed by atoms with Crippen molar-refractivity contribution in [2.45, 2.75) is 4.90 Å². The fourth-order valence-electron chi connectivity index (χ4n) is 1.77. The van der Waals surface area contributed by atoms with E-state index in [2.05, 4.69) is 9.82 Å². The van der Waals surface area contributed by atoms with Crippen molar-refractivity contribution in [3.63, 3.8) is 0 Å². The minimum atomic E-state index is -4.03. The molecule has 0 saturated heterocycles. The Balaban J connectivity index is 2.57. The number of rotatable bonds is 5. The van der Waals surface area contributed by atoms with Crippen molar-refractivity contribution >= 4 is 33.3 Å². The predicted molar refractivity (Wildman–Crippen MR) is 79.0 cm³/mol. The molecule has 0 saturated carbocycles. The second-order valence-electron chi connectivity index (χ2n) is 4.26. The van der Waals surface area contributed by atoms with Gasteiger partial charge < -0.3 is 9.84 Å². The van der Waals surface area contributed by atoms with E-state index in [0.717, 1.165) is 6.20 Å². The van der Waals surface area contributed by atoms with Crippen LogP contribution in [0.2, 0.25) is 5.02 Å². The van der Waals surface area contributed by atoms with Crippen molar-refractivity contribution in [1.82, 2.24) is 9.78 Å². The number of aromatic carboxylic acids is 1. The van der Waals surface area contributed by atoms with E-state index < -0.39 is 21.6 Å². The average Bonchev–Trinajstić information content (AvgIpc) is 2.86. The third-order valence-electron chi connectivity index (χ3n) is 2.78. The van der Waals surface area contributed by atoms with Gasteiger partial charge in [-0.3, -0.25) is 9.40 Å². The first kappa shape index (κ1) is 16.1. The van der Waals surface area contributed by atoms with Crippen LogP contribution < -0.4 is 9.46 Å². The topological polar surface area (TPSA) is 111 Å². The fraction of sp³-hybridized carbons (Fsp3) is 0.167. The summed E-state index contributed by atoms with van der Waals surface area (Å²) in [6.45, 7) is 0. The predicted octanol–water partition coefficient (Wildman–Crippen LogP) is 1.58. The van der Waals surface area contributed by atoms with Gasteiger partial charge in [-0.05, 0) is 12.1 Å². The first-order valence-corrected chi connectivity index (χ1v) is 7.73. The van der Waals surface area contributed by atoms with E-state index in [1.54, 1.807) is 7.05 Å². The number of sulfonamides is 1. The van der Waals surface area contributed by atoms with Crippen LogP contribution in [0, 0.1) is 0 Å². The number of anilines is 1. The molecule has 1 heterocycles. The Morgan fingerprint density at radius 2 is 2.14 bits per heavy atom. The standard InChI is InChI=1S/C12H12ClN3O5S/c1-16-6-7(5-14-16)22(19,20)15-11-9(21-2)4-3-8(13)10(11)12(17)18/h3-6,15H,1-2H3,(H,17,18). The molecule has 0 aliphatic heterocycles. The Hall–Kier alpha value is -2.26. The molecular formula is C12H12ClN3O5S. The van der Waals surface area contributed by atoms with Crippen LogP contribution in [-0.2, 0) is 17.1 Å². The molecule has 0 aliphatic carbocycles. The van der Waals surface area contributed by atoms with Crippen molar-refractivity contribution < 1.29 is 23.1 Å². The molecule has 0 amide bonds. The van der Waals surface area contributed by atoms with E-state index >= 15 is 0 Å². The van der Waals surface area contributed by atoms with Crippen LogP contribution in [0.5, 0.6) is 5.75 Å². The number of carbonyl (C=O) groups is 1. The summed E-state index contributed by atoms with van der Waals surface area (Å²) in [6.07, 6.45) is 2.42. The van der Waals surface area contributed by atoms with Gasteiger partial charge in [0.15, 0.2) is 0 Å². The summed E-state index contributed by atoms with van der Waals surface area (Å²) in [7, 11) is -1.19. The molecule has 2 N–H and O–H groups in total. The van der Waals surface area contributed by atoms with Crippen LogP contribution >= 0.6 is 11.6 Å². The number of hydrogen-bond donors (Lipinski definition) is 2. The molecule has 0 fully saturated rings. The summed E-state index contributed by atoms with van der Waals surface area (Å²) in [6, 6.07) is 2.68. The maximum Gasteiger partial charge on any atom is 0.339 e. The van der Waals surface area contributed by atoms with Gasteiger partial charge in [0, 0.05) is 13.2 Å². The molecule has 0 spiro atoms. The molecule has 2 rings (SSSR count). The molecule has 0 bridgehead atoms. The quantitative estimate of drug-likeness (QED) is 0.851. The summed E-state index contributed by atoms with van der Waals surface area (Å²) in [4.78, 5) is 11.2. The third-order valence-corrected chi connectivity index (χ3v) is 4.40. The van der Waals surface area contributed by atoms with Gasteiger partial charge >= 0.3 is 5.97 Å². The summed E-state index contributed by atoms with van der Waals surface area (Å²) in [5.74, 6) is -1.35. The molecule has 1 aromatic heterocycles. The lowest BCUT2D eigenvalue weighted by atomic mass is 10.1. The van der Waals surface area contributed by atoms with Crippen molar-refractivity contribution in [3.05, 3.63) is 35.1 Å². The molecule has 8 nitrogen and oxygen atoms in total. The van der Waals surface area contributed by atoms with Crippen molar-refractivity contribution in [1.29, 1.82) is 0 Å². The van der Waals surface area contributed by atoms with Crippen LogP contribution in [0.25, 0.3) is 0 Å². The van der Waals surface area contributed by atoms with Gasteiger partial charge in [0.2, 0.25) is 0 Å². The molecule has 0 unspecified atom stereocenters. The SMILES string of the molecule is COc1ccc(Cl)c(C(=O)O)c1NS(=O)(=O)c1cnn(C)c1. The van der Waals surface area contributed by atoms with Crippen LogP contribution in [0.4, 0.5) is 5.69 Å². The first-order valence-electron chi connectivity index (χ1n) is 5.87. The number of ether oxygens (including phenoxy) is 1. The highest BCUT2D eigenvalue weighted by molar-refractivity contribution is 7.92. The van der Waals surface area contributed by atoms with Crippen molar-refractivity contribution in [2.75, 3.05) is 11.8 Å². The number of hydrogen-bond acceptors (Lipinski definition) is 5. The van der Waals surface area contributed by atoms with Gasteiger partial charge in [-0.1, -0.05) is 11.6 Å². The Morgan fingerprint density at radius 1 is 1.45 bits per heavy atom. The van der Waals surface area contributed by atoms with E-state index in [0.29, 0.717) is 0 Å². The number of benzene rings is 1. The minimum absolute atomic E-state index is 0.0364. The average molecular weight is 346 g/mol. The highest BCUT2D eigenvalue weighted by Gasteiger charge is 2.25. The van der Waals surface area contributed by atoms with Gasteiger partial charge in [-0.2, -0.15) is 5.10 Å². The Morgan fingerprint density at radius 3 is 2.64 bits per heavy atom. The number of aryl methyl sites for hydroxylation is 1. The molecule has 1 aromatic carbocycles. The van der Waals surface area contributed by atoms with E-state index in [-0.39, 0.29) is 21.4 Å². The maximum atomic E-state index is 12.3. The van der Waals surface area contributed by atoms with E-state index in [1.165, 1.54) is 30.1 Å². The second kappa shape index (κ2) is 5.85. The van der Waals surface area contributed by atoms with Crippen LogP contribution in [0.3, 0.4) is 0 Å². The largest absolute Gasteiger partial charge is 0.495 e. The Bertz CT molecular complexity index is 831. The molecule has 0 atom stereocenters. The summed E-state index contributed by atoms with van der Waals surface area (Å²) >= 11 is 5.84. The highest BCUT2D eigenvalue weighted by Crippen LogP contribution is 2.35. The third kappa shape index (κ3) is 3.00. The van der Waals surface area contributed by atoms with E-state index in [1.807, 2.05) is 0 Å². The van der Waals surface area contributed by atoms with E-state index in [9.17, 15) is 18.3 Å². The zero-order valence-electron chi connectivity index (χ0n) is 11.6. The summed E-state index contributed by atoms with van der Waals surface area (Å²) < 4.78 is 33.1. The van der Waals surface area contributed by atoms with Gasteiger partial charge in [0.1, 0.15) is 21.9 Å². The van der Waals surface area contributed by atoms with Crippen LogP contribution in [-0.4, -0.2) is 36.4 Å². The number of carboxylic acid groups (broad SMARTS) is 1. The van der Waals surface area contributed by atoms with E-state index in [4.69, 9.17) is 16.3 Å².